The molecule has 1 N–H and O–H groups in total. The number of rotatable bonds is 6. The van der Waals surface area contributed by atoms with Crippen molar-refractivity contribution in [1.29, 1.82) is 0 Å². The molecule has 0 saturated carbocycles. The molecule has 23 heavy (non-hydrogen) atoms. The van der Waals surface area contributed by atoms with Gasteiger partial charge in [-0.3, -0.25) is 4.79 Å². The highest BCUT2D eigenvalue weighted by Gasteiger charge is 2.15. The van der Waals surface area contributed by atoms with Gasteiger partial charge in [-0.25, -0.2) is 4.79 Å². The van der Waals surface area contributed by atoms with Crippen LogP contribution >= 0.6 is 0 Å². The predicted octanol–water partition coefficient (Wildman–Crippen LogP) is 3.05. The molecule has 0 aliphatic heterocycles. The molecule has 0 aliphatic rings. The van der Waals surface area contributed by atoms with Crippen molar-refractivity contribution in [2.24, 2.45) is 0 Å². The largest absolute Gasteiger partial charge is 0.493 e. The van der Waals surface area contributed by atoms with E-state index in [1.54, 1.807) is 36.4 Å². The van der Waals surface area contributed by atoms with Crippen molar-refractivity contribution in [1.82, 2.24) is 5.32 Å². The van der Waals surface area contributed by atoms with Gasteiger partial charge in [-0.2, -0.15) is 0 Å². The van der Waals surface area contributed by atoms with Gasteiger partial charge in [-0.05, 0) is 36.8 Å². The molecule has 2 aromatic rings. The molecule has 2 rings (SSSR count). The first-order valence-corrected chi connectivity index (χ1v) is 7.39. The van der Waals surface area contributed by atoms with Crippen LogP contribution in [-0.4, -0.2) is 25.5 Å². The Bertz CT molecular complexity index is 683. The van der Waals surface area contributed by atoms with Gasteiger partial charge in [0.25, 0.3) is 5.91 Å². The van der Waals surface area contributed by atoms with Gasteiger partial charge in [0, 0.05) is 12.1 Å². The lowest BCUT2D eigenvalue weighted by Gasteiger charge is -2.11. The van der Waals surface area contributed by atoms with E-state index in [9.17, 15) is 9.59 Å². The molecule has 0 saturated heterocycles. The van der Waals surface area contributed by atoms with Crippen molar-refractivity contribution >= 4 is 11.9 Å². The number of carbonyl (C=O) groups excluding carboxylic acids is 2. The Kier molecular flexibility index (Phi) is 5.74. The monoisotopic (exact) mass is 313 g/mol. The molecule has 5 heteroatoms. The average Bonchev–Trinajstić information content (AvgIpc) is 2.60. The number of esters is 1. The van der Waals surface area contributed by atoms with E-state index in [0.29, 0.717) is 23.4 Å². The molecule has 0 unspecified atom stereocenters. The molecular formula is C18H19NO4. The number of benzene rings is 2. The fourth-order valence-electron chi connectivity index (χ4n) is 1.97. The summed E-state index contributed by atoms with van der Waals surface area (Å²) in [6, 6.07) is 13.4. The molecule has 0 heterocycles. The molecule has 5 nitrogen and oxygen atoms in total. The van der Waals surface area contributed by atoms with E-state index in [0.717, 1.165) is 6.42 Å². The summed E-state index contributed by atoms with van der Waals surface area (Å²) in [7, 11) is 1.48. The molecule has 0 radical (unpaired) electrons. The number of amides is 1. The number of ether oxygens (including phenoxy) is 2. The van der Waals surface area contributed by atoms with Gasteiger partial charge in [-0.1, -0.05) is 25.1 Å². The second-order valence-corrected chi connectivity index (χ2v) is 4.88. The minimum absolute atomic E-state index is 0.213. The summed E-state index contributed by atoms with van der Waals surface area (Å²) < 4.78 is 10.6. The third kappa shape index (κ3) is 4.32. The van der Waals surface area contributed by atoms with Crippen LogP contribution in [0.15, 0.2) is 48.5 Å². The van der Waals surface area contributed by atoms with Crippen LogP contribution in [0.1, 0.15) is 34.1 Å². The lowest BCUT2D eigenvalue weighted by Crippen LogP contribution is -2.24. The van der Waals surface area contributed by atoms with Gasteiger partial charge in [0.05, 0.1) is 12.7 Å². The third-order valence-corrected chi connectivity index (χ3v) is 3.17. The van der Waals surface area contributed by atoms with E-state index >= 15 is 0 Å². The van der Waals surface area contributed by atoms with Gasteiger partial charge in [0.2, 0.25) is 0 Å². The minimum Gasteiger partial charge on any atom is -0.493 e. The van der Waals surface area contributed by atoms with E-state index in [4.69, 9.17) is 9.47 Å². The zero-order chi connectivity index (χ0) is 16.7. The lowest BCUT2D eigenvalue weighted by atomic mass is 10.2. The number of carbonyl (C=O) groups is 2. The summed E-state index contributed by atoms with van der Waals surface area (Å²) in [5.41, 5.74) is 0.838. The highest BCUT2D eigenvalue weighted by atomic mass is 16.6. The van der Waals surface area contributed by atoms with Crippen LogP contribution in [0, 0.1) is 0 Å². The molecule has 0 bridgehead atoms. The van der Waals surface area contributed by atoms with Crippen molar-refractivity contribution < 1.29 is 19.1 Å². The van der Waals surface area contributed by atoms with Crippen LogP contribution in [0.5, 0.6) is 11.5 Å². The Morgan fingerprint density at radius 3 is 2.39 bits per heavy atom. The number of hydrogen-bond acceptors (Lipinski definition) is 4. The molecule has 1 amide bonds. The minimum atomic E-state index is -0.505. The van der Waals surface area contributed by atoms with Crippen molar-refractivity contribution in [2.75, 3.05) is 13.7 Å². The second kappa shape index (κ2) is 7.98. The average molecular weight is 313 g/mol. The van der Waals surface area contributed by atoms with Crippen molar-refractivity contribution in [3.05, 3.63) is 59.7 Å². The molecule has 0 spiro atoms. The topological polar surface area (TPSA) is 64.6 Å². The van der Waals surface area contributed by atoms with Crippen molar-refractivity contribution in [3.8, 4) is 11.5 Å². The fourth-order valence-corrected chi connectivity index (χ4v) is 1.97. The Morgan fingerprint density at radius 2 is 1.74 bits per heavy atom. The normalized spacial score (nSPS) is 10.0. The van der Waals surface area contributed by atoms with Crippen LogP contribution in [0.4, 0.5) is 0 Å². The number of hydrogen-bond donors (Lipinski definition) is 1. The molecule has 2 aromatic carbocycles. The molecular weight excluding hydrogens is 294 g/mol. The molecule has 0 fully saturated rings. The zero-order valence-electron chi connectivity index (χ0n) is 13.2. The third-order valence-electron chi connectivity index (χ3n) is 3.17. The standard InChI is InChI=1S/C18H19NO4/c1-3-11-19-17(20)14-9-10-15(22-2)16(12-14)23-18(21)13-7-5-4-6-8-13/h4-10,12H,3,11H2,1-2H3,(H,19,20). The Hall–Kier alpha value is -2.82. The van der Waals surface area contributed by atoms with E-state index < -0.39 is 5.97 Å². The first kappa shape index (κ1) is 16.5. The van der Waals surface area contributed by atoms with Gasteiger partial charge in [-0.15, -0.1) is 0 Å². The first-order chi connectivity index (χ1) is 11.2. The maximum atomic E-state index is 12.2. The highest BCUT2D eigenvalue weighted by Crippen LogP contribution is 2.28. The Balaban J connectivity index is 2.22. The smallest absolute Gasteiger partial charge is 0.343 e. The number of nitrogens with one attached hydrogen (secondary N) is 1. The zero-order valence-corrected chi connectivity index (χ0v) is 13.2. The van der Waals surface area contributed by atoms with Crippen LogP contribution in [0.25, 0.3) is 0 Å². The first-order valence-electron chi connectivity index (χ1n) is 7.39. The number of methoxy groups -OCH3 is 1. The predicted molar refractivity (Wildman–Crippen MR) is 87.0 cm³/mol. The molecule has 0 aromatic heterocycles. The van der Waals surface area contributed by atoms with Crippen LogP contribution in [-0.2, 0) is 0 Å². The van der Waals surface area contributed by atoms with Gasteiger partial charge in [0.1, 0.15) is 0 Å². The second-order valence-electron chi connectivity index (χ2n) is 4.88. The van der Waals surface area contributed by atoms with E-state index in [1.807, 2.05) is 13.0 Å². The van der Waals surface area contributed by atoms with Crippen molar-refractivity contribution in [3.63, 3.8) is 0 Å². The van der Waals surface area contributed by atoms with Gasteiger partial charge in [0.15, 0.2) is 11.5 Å². The maximum Gasteiger partial charge on any atom is 0.343 e. The highest BCUT2D eigenvalue weighted by molar-refractivity contribution is 5.96. The summed E-state index contributed by atoms with van der Waals surface area (Å²) in [4.78, 5) is 24.2. The summed E-state index contributed by atoms with van der Waals surface area (Å²) in [5, 5.41) is 2.78. The van der Waals surface area contributed by atoms with Crippen molar-refractivity contribution in [2.45, 2.75) is 13.3 Å². The van der Waals surface area contributed by atoms with Crippen LogP contribution in [0.2, 0.25) is 0 Å². The van der Waals surface area contributed by atoms with Gasteiger partial charge >= 0.3 is 5.97 Å². The van der Waals surface area contributed by atoms with E-state index in [2.05, 4.69) is 5.32 Å². The molecule has 0 aliphatic carbocycles. The van der Waals surface area contributed by atoms with Gasteiger partial charge < -0.3 is 14.8 Å². The summed E-state index contributed by atoms with van der Waals surface area (Å²) in [5.74, 6) is -0.117. The molecule has 120 valence electrons. The lowest BCUT2D eigenvalue weighted by molar-refractivity contribution is 0.0728. The molecule has 0 atom stereocenters. The summed E-state index contributed by atoms with van der Waals surface area (Å²) in [6.07, 6.45) is 0.845. The Morgan fingerprint density at radius 1 is 1.00 bits per heavy atom. The fraction of sp³-hybridized carbons (Fsp3) is 0.222. The van der Waals surface area contributed by atoms with E-state index in [-0.39, 0.29) is 11.7 Å². The Labute approximate surface area is 135 Å². The van der Waals surface area contributed by atoms with E-state index in [1.165, 1.54) is 13.2 Å². The summed E-state index contributed by atoms with van der Waals surface area (Å²) in [6.45, 7) is 2.56. The van der Waals surface area contributed by atoms with Crippen LogP contribution in [0.3, 0.4) is 0 Å². The SMILES string of the molecule is CCCNC(=O)c1ccc(OC)c(OC(=O)c2ccccc2)c1. The quantitative estimate of drug-likeness (QED) is 0.657. The summed E-state index contributed by atoms with van der Waals surface area (Å²) >= 11 is 0. The maximum absolute atomic E-state index is 12.2. The van der Waals surface area contributed by atoms with Crippen LogP contribution < -0.4 is 14.8 Å².